The summed E-state index contributed by atoms with van der Waals surface area (Å²) in [5.41, 5.74) is 9.73. The summed E-state index contributed by atoms with van der Waals surface area (Å²) in [6.45, 7) is 0.483. The quantitative estimate of drug-likeness (QED) is 0.483. The third-order valence-corrected chi connectivity index (χ3v) is 4.86. The molecular weight excluding hydrogens is 364 g/mol. The first kappa shape index (κ1) is 17.1. The third kappa shape index (κ3) is 3.10. The number of ether oxygens (including phenoxy) is 1. The van der Waals surface area contributed by atoms with Gasteiger partial charge in [-0.25, -0.2) is 9.55 Å². The second-order valence-corrected chi connectivity index (χ2v) is 6.81. The first-order valence-corrected chi connectivity index (χ1v) is 9.26. The Balaban J connectivity index is 1.45. The van der Waals surface area contributed by atoms with Gasteiger partial charge in [0.15, 0.2) is 0 Å². The minimum absolute atomic E-state index is 0.168. The second kappa shape index (κ2) is 6.83. The summed E-state index contributed by atoms with van der Waals surface area (Å²) in [5.74, 6) is 0.649. The summed E-state index contributed by atoms with van der Waals surface area (Å²) < 4.78 is 7.30. The van der Waals surface area contributed by atoms with Crippen LogP contribution in [0, 0.1) is 0 Å². The van der Waals surface area contributed by atoms with Crippen LogP contribution in [0.15, 0.2) is 78.9 Å². The Labute approximate surface area is 166 Å². The summed E-state index contributed by atoms with van der Waals surface area (Å²) in [5, 5.41) is 0.920. The lowest BCUT2D eigenvalue weighted by Crippen LogP contribution is -2.14. The molecule has 2 heterocycles. The molecule has 0 fully saturated rings. The SMILES string of the molecule is Nc1nc2ccccc2n1C(=O)c1cc2ccc(OCc3ccccc3)cc2[nH]1. The van der Waals surface area contributed by atoms with Gasteiger partial charge in [-0.15, -0.1) is 0 Å². The van der Waals surface area contributed by atoms with Crippen molar-refractivity contribution < 1.29 is 9.53 Å². The van der Waals surface area contributed by atoms with Gasteiger partial charge in [0.25, 0.3) is 5.91 Å². The molecule has 0 radical (unpaired) electrons. The van der Waals surface area contributed by atoms with Crippen molar-refractivity contribution >= 4 is 33.8 Å². The Morgan fingerprint density at radius 3 is 2.66 bits per heavy atom. The number of hydrogen-bond donors (Lipinski definition) is 2. The van der Waals surface area contributed by atoms with Crippen LogP contribution in [-0.4, -0.2) is 20.4 Å². The molecule has 2 aromatic heterocycles. The molecule has 3 N–H and O–H groups in total. The third-order valence-electron chi connectivity index (χ3n) is 4.86. The molecule has 6 heteroatoms. The number of benzene rings is 3. The smallest absolute Gasteiger partial charge is 0.281 e. The number of H-pyrrole nitrogens is 1. The van der Waals surface area contributed by atoms with Gasteiger partial charge in [0, 0.05) is 17.0 Å². The summed E-state index contributed by atoms with van der Waals surface area (Å²) in [6, 6.07) is 24.9. The molecule has 142 valence electrons. The fraction of sp³-hybridized carbons (Fsp3) is 0.0435. The van der Waals surface area contributed by atoms with Gasteiger partial charge in [-0.3, -0.25) is 4.79 Å². The fourth-order valence-corrected chi connectivity index (χ4v) is 3.43. The Morgan fingerprint density at radius 2 is 1.79 bits per heavy atom. The molecule has 3 aromatic carbocycles. The number of carbonyl (C=O) groups excluding carboxylic acids is 1. The number of anilines is 1. The van der Waals surface area contributed by atoms with Gasteiger partial charge in [-0.1, -0.05) is 42.5 Å². The van der Waals surface area contributed by atoms with Crippen LogP contribution in [0.4, 0.5) is 5.95 Å². The molecule has 0 spiro atoms. The van der Waals surface area contributed by atoms with E-state index in [1.54, 1.807) is 0 Å². The highest BCUT2D eigenvalue weighted by Crippen LogP contribution is 2.24. The van der Waals surface area contributed by atoms with Gasteiger partial charge in [-0.2, -0.15) is 0 Å². The van der Waals surface area contributed by atoms with E-state index in [4.69, 9.17) is 10.5 Å². The van der Waals surface area contributed by atoms with Crippen LogP contribution in [0.2, 0.25) is 0 Å². The van der Waals surface area contributed by atoms with E-state index in [-0.39, 0.29) is 11.9 Å². The number of nitrogen functional groups attached to an aromatic ring is 1. The molecule has 0 atom stereocenters. The average Bonchev–Trinajstić information content (AvgIpc) is 3.32. The van der Waals surface area contributed by atoms with Crippen LogP contribution >= 0.6 is 0 Å². The first-order chi connectivity index (χ1) is 14.2. The molecule has 0 amide bonds. The number of fused-ring (bicyclic) bond motifs is 2. The van der Waals surface area contributed by atoms with Crippen molar-refractivity contribution in [1.29, 1.82) is 0 Å². The molecule has 0 saturated carbocycles. The molecule has 0 aliphatic carbocycles. The maximum Gasteiger partial charge on any atom is 0.281 e. The van der Waals surface area contributed by atoms with Crippen molar-refractivity contribution in [3.63, 3.8) is 0 Å². The molecule has 29 heavy (non-hydrogen) atoms. The van der Waals surface area contributed by atoms with E-state index in [0.29, 0.717) is 23.3 Å². The van der Waals surface area contributed by atoms with Gasteiger partial charge in [-0.05, 0) is 35.9 Å². The summed E-state index contributed by atoms with van der Waals surface area (Å²) in [7, 11) is 0. The number of nitrogens with two attached hydrogens (primary N) is 1. The van der Waals surface area contributed by atoms with E-state index >= 15 is 0 Å². The van der Waals surface area contributed by atoms with Crippen molar-refractivity contribution in [2.75, 3.05) is 5.73 Å². The Kier molecular flexibility index (Phi) is 4.02. The number of aromatic amines is 1. The lowest BCUT2D eigenvalue weighted by Gasteiger charge is -2.06. The maximum atomic E-state index is 13.1. The van der Waals surface area contributed by atoms with Gasteiger partial charge < -0.3 is 15.5 Å². The van der Waals surface area contributed by atoms with E-state index in [1.807, 2.05) is 78.9 Å². The molecule has 0 aliphatic rings. The molecule has 6 nitrogen and oxygen atoms in total. The minimum Gasteiger partial charge on any atom is -0.489 e. The zero-order valence-corrected chi connectivity index (χ0v) is 15.5. The monoisotopic (exact) mass is 382 g/mol. The predicted molar refractivity (Wildman–Crippen MR) is 113 cm³/mol. The zero-order chi connectivity index (χ0) is 19.8. The normalized spacial score (nSPS) is 11.2. The molecule has 0 bridgehead atoms. The number of nitrogens with one attached hydrogen (secondary N) is 1. The van der Waals surface area contributed by atoms with Gasteiger partial charge in [0.2, 0.25) is 5.95 Å². The zero-order valence-electron chi connectivity index (χ0n) is 15.5. The van der Waals surface area contributed by atoms with Crippen LogP contribution in [0.25, 0.3) is 21.9 Å². The van der Waals surface area contributed by atoms with E-state index in [2.05, 4.69) is 9.97 Å². The van der Waals surface area contributed by atoms with Crippen LogP contribution in [0.5, 0.6) is 5.75 Å². The lowest BCUT2D eigenvalue weighted by molar-refractivity contribution is 0.0963. The van der Waals surface area contributed by atoms with Crippen molar-refractivity contribution in [3.05, 3.63) is 90.1 Å². The summed E-state index contributed by atoms with van der Waals surface area (Å²) in [6.07, 6.45) is 0. The van der Waals surface area contributed by atoms with Gasteiger partial charge >= 0.3 is 0 Å². The Bertz CT molecular complexity index is 1340. The predicted octanol–water partition coefficient (Wildman–Crippen LogP) is 4.37. The van der Waals surface area contributed by atoms with Gasteiger partial charge in [0.1, 0.15) is 18.1 Å². The second-order valence-electron chi connectivity index (χ2n) is 6.81. The van der Waals surface area contributed by atoms with E-state index in [0.717, 1.165) is 22.2 Å². The largest absolute Gasteiger partial charge is 0.489 e. The molecule has 0 aliphatic heterocycles. The minimum atomic E-state index is -0.251. The maximum absolute atomic E-state index is 13.1. The highest BCUT2D eigenvalue weighted by Gasteiger charge is 2.18. The fourth-order valence-electron chi connectivity index (χ4n) is 3.43. The highest BCUT2D eigenvalue weighted by atomic mass is 16.5. The van der Waals surface area contributed by atoms with E-state index in [9.17, 15) is 4.79 Å². The molecule has 0 unspecified atom stereocenters. The lowest BCUT2D eigenvalue weighted by atomic mass is 10.2. The molecule has 5 aromatic rings. The topological polar surface area (TPSA) is 85.9 Å². The summed E-state index contributed by atoms with van der Waals surface area (Å²) >= 11 is 0. The Morgan fingerprint density at radius 1 is 1.00 bits per heavy atom. The van der Waals surface area contributed by atoms with Crippen molar-refractivity contribution in [2.24, 2.45) is 0 Å². The molecular formula is C23H18N4O2. The Hall–Kier alpha value is -4.06. The van der Waals surface area contributed by atoms with Gasteiger partial charge in [0.05, 0.1) is 11.0 Å². The summed E-state index contributed by atoms with van der Waals surface area (Å²) in [4.78, 5) is 20.5. The first-order valence-electron chi connectivity index (χ1n) is 9.26. The number of hydrogen-bond acceptors (Lipinski definition) is 4. The standard InChI is InChI=1S/C23H18N4O2/c24-23-26-18-8-4-5-9-21(18)27(23)22(28)20-12-16-10-11-17(13-19(16)25-20)29-14-15-6-2-1-3-7-15/h1-13,25H,14H2,(H2,24,26). The highest BCUT2D eigenvalue weighted by molar-refractivity contribution is 6.05. The van der Waals surface area contributed by atoms with Crippen LogP contribution in [-0.2, 0) is 6.61 Å². The average molecular weight is 382 g/mol. The van der Waals surface area contributed by atoms with Crippen molar-refractivity contribution in [3.8, 4) is 5.75 Å². The van der Waals surface area contributed by atoms with Crippen LogP contribution < -0.4 is 10.5 Å². The number of nitrogens with zero attached hydrogens (tertiary/aromatic N) is 2. The number of para-hydroxylation sites is 2. The van der Waals surface area contributed by atoms with Crippen molar-refractivity contribution in [2.45, 2.75) is 6.61 Å². The molecule has 5 rings (SSSR count). The van der Waals surface area contributed by atoms with Crippen molar-refractivity contribution in [1.82, 2.24) is 14.5 Å². The van der Waals surface area contributed by atoms with Crippen LogP contribution in [0.1, 0.15) is 16.1 Å². The number of rotatable bonds is 4. The van der Waals surface area contributed by atoms with E-state index in [1.165, 1.54) is 4.57 Å². The van der Waals surface area contributed by atoms with E-state index < -0.39 is 0 Å². The number of aromatic nitrogens is 3. The number of carbonyl (C=O) groups is 1. The van der Waals surface area contributed by atoms with Crippen LogP contribution in [0.3, 0.4) is 0 Å². The molecule has 0 saturated heterocycles. The number of imidazole rings is 1.